The number of quaternary nitrogens is 1. The zero-order valence-electron chi connectivity index (χ0n) is 11.1. The van der Waals surface area contributed by atoms with Crippen molar-refractivity contribution in [3.05, 3.63) is 45.1 Å². The van der Waals surface area contributed by atoms with Crippen LogP contribution in [0.25, 0.3) is 0 Å². The van der Waals surface area contributed by atoms with Crippen LogP contribution in [0.2, 0.25) is 10.0 Å². The zero-order valence-corrected chi connectivity index (χ0v) is 12.6. The summed E-state index contributed by atoms with van der Waals surface area (Å²) in [5.74, 6) is -1.19. The topological polar surface area (TPSA) is 74.6 Å². The Bertz CT molecular complexity index is 670. The lowest BCUT2D eigenvalue weighted by Crippen LogP contribution is -2.80. The maximum absolute atomic E-state index is 12.6. The van der Waals surface area contributed by atoms with Crippen LogP contribution in [0.5, 0.6) is 0 Å². The number of halogens is 5. The summed E-state index contributed by atoms with van der Waals surface area (Å²) in [6.07, 6.45) is -4.02. The van der Waals surface area contributed by atoms with Crippen LogP contribution < -0.4 is 5.32 Å². The van der Waals surface area contributed by atoms with Crippen LogP contribution in [-0.4, -0.2) is 31.0 Å². The minimum absolute atomic E-state index is 0.0115. The predicted octanol–water partition coefficient (Wildman–Crippen LogP) is 2.38. The molecule has 0 aliphatic carbocycles. The Kier molecular flexibility index (Phi) is 5.87. The van der Waals surface area contributed by atoms with E-state index < -0.39 is 23.4 Å². The Hall–Kier alpha value is -1.70. The summed E-state index contributed by atoms with van der Waals surface area (Å²) in [6.45, 7) is 0. The van der Waals surface area contributed by atoms with Gasteiger partial charge in [-0.1, -0.05) is 23.2 Å². The quantitative estimate of drug-likeness (QED) is 0.484. The minimum atomic E-state index is -4.71. The monoisotopic (exact) mass is 353 g/mol. The Morgan fingerprint density at radius 3 is 2.32 bits per heavy atom. The molecule has 22 heavy (non-hydrogen) atoms. The fourth-order valence-corrected chi connectivity index (χ4v) is 2.04. The van der Waals surface area contributed by atoms with Crippen LogP contribution in [0.15, 0.2) is 23.9 Å². The van der Waals surface area contributed by atoms with Gasteiger partial charge in [0.25, 0.3) is 0 Å². The van der Waals surface area contributed by atoms with Crippen molar-refractivity contribution in [2.75, 3.05) is 7.05 Å². The van der Waals surface area contributed by atoms with Gasteiger partial charge >= 0.3 is 6.18 Å². The van der Waals surface area contributed by atoms with Crippen LogP contribution >= 0.6 is 23.2 Å². The minimum Gasteiger partial charge on any atom is -0.312 e. The normalized spacial score (nSPS) is 12.2. The van der Waals surface area contributed by atoms with Gasteiger partial charge in [0.1, 0.15) is 5.71 Å². The highest BCUT2D eigenvalue weighted by molar-refractivity contribution is 6.52. The van der Waals surface area contributed by atoms with Crippen LogP contribution in [-0.2, 0) is 4.79 Å². The number of benzene rings is 1. The van der Waals surface area contributed by atoms with Gasteiger partial charge in [-0.15, -0.1) is 0 Å². The summed E-state index contributed by atoms with van der Waals surface area (Å²) < 4.78 is 37.8. The Labute approximate surface area is 133 Å². The number of alkyl halides is 3. The molecule has 0 radical (unpaired) electrons. The average Bonchev–Trinajstić information content (AvgIpc) is 2.42. The molecule has 3 N–H and O–H groups in total. The van der Waals surface area contributed by atoms with Gasteiger partial charge in [0.15, 0.2) is 6.29 Å². The van der Waals surface area contributed by atoms with Crippen molar-refractivity contribution in [3.8, 4) is 0 Å². The van der Waals surface area contributed by atoms with E-state index in [-0.39, 0.29) is 21.2 Å². The Balaban J connectivity index is 3.24. The van der Waals surface area contributed by atoms with Gasteiger partial charge in [-0.05, 0) is 12.1 Å². The van der Waals surface area contributed by atoms with Crippen molar-refractivity contribution in [3.63, 3.8) is 0 Å². The maximum atomic E-state index is 12.6. The molecule has 0 aliphatic heterocycles. The predicted molar refractivity (Wildman–Crippen MR) is 75.7 cm³/mol. The van der Waals surface area contributed by atoms with Crippen molar-refractivity contribution >= 4 is 41.0 Å². The second kappa shape index (κ2) is 7.04. The fourth-order valence-electron chi connectivity index (χ4n) is 1.52. The first-order valence-corrected chi connectivity index (χ1v) is 6.53. The summed E-state index contributed by atoms with van der Waals surface area (Å²) in [7, 11) is 1.12. The highest BCUT2D eigenvalue weighted by Gasteiger charge is 2.38. The summed E-state index contributed by atoms with van der Waals surface area (Å²) in [5.41, 5.74) is -2.15. The standard InChI is InChI=1S/C13H9Cl2F3N2O2/c1-20-11(13(16,17)18)4-10(22)12(19)7-2-6(5-21)8(14)3-9(7)15/h2-5,19-20H,1H3/p+1. The van der Waals surface area contributed by atoms with Crippen molar-refractivity contribution in [2.45, 2.75) is 6.18 Å². The van der Waals surface area contributed by atoms with E-state index in [2.05, 4.69) is 0 Å². The number of ketones is 1. The third-order valence-electron chi connectivity index (χ3n) is 2.65. The molecule has 0 bridgehead atoms. The number of carbonyl (C=O) groups is 2. The zero-order chi connectivity index (χ0) is 17.1. The number of aldehydes is 1. The molecule has 0 aliphatic rings. The largest absolute Gasteiger partial charge is 0.466 e. The summed E-state index contributed by atoms with van der Waals surface area (Å²) in [4.78, 5) is 22.6. The summed E-state index contributed by atoms with van der Waals surface area (Å²) in [5, 5.41) is 8.28. The van der Waals surface area contributed by atoms with Gasteiger partial charge in [-0.25, -0.2) is 0 Å². The van der Waals surface area contributed by atoms with Crippen molar-refractivity contribution in [1.29, 1.82) is 5.41 Å². The third-order valence-corrected chi connectivity index (χ3v) is 3.29. The molecule has 9 heteroatoms. The second-order valence-corrected chi connectivity index (χ2v) is 4.91. The highest BCUT2D eigenvalue weighted by Crippen LogP contribution is 2.26. The molecular formula is C13H10Cl2F3N2O2+. The molecule has 0 saturated heterocycles. The van der Waals surface area contributed by atoms with E-state index in [0.717, 1.165) is 19.2 Å². The first-order chi connectivity index (χ1) is 10.1. The van der Waals surface area contributed by atoms with Gasteiger partial charge in [-0.2, -0.15) is 13.2 Å². The number of carbonyl (C=O) groups excluding carboxylic acids is 2. The molecule has 0 saturated carbocycles. The summed E-state index contributed by atoms with van der Waals surface area (Å²) in [6, 6.07) is 2.22. The lowest BCUT2D eigenvalue weighted by molar-refractivity contribution is -0.597. The van der Waals surface area contributed by atoms with Crippen LogP contribution in [0.4, 0.5) is 13.2 Å². The highest BCUT2D eigenvalue weighted by atomic mass is 35.5. The van der Waals surface area contributed by atoms with Crippen molar-refractivity contribution < 1.29 is 28.1 Å². The molecule has 1 aromatic rings. The van der Waals surface area contributed by atoms with Crippen LogP contribution in [0, 0.1) is 5.41 Å². The molecule has 1 rings (SSSR count). The first kappa shape index (κ1) is 18.3. The number of nitrogens with one attached hydrogen (secondary N) is 1. The fraction of sp³-hybridized carbons (Fsp3) is 0.154. The van der Waals surface area contributed by atoms with Crippen LogP contribution in [0.3, 0.4) is 0 Å². The van der Waals surface area contributed by atoms with Gasteiger partial charge in [0.05, 0.1) is 23.2 Å². The van der Waals surface area contributed by atoms with Gasteiger partial charge in [0, 0.05) is 11.1 Å². The second-order valence-electron chi connectivity index (χ2n) is 4.10. The number of hydrogen-bond acceptors (Lipinski definition) is 3. The molecular weight excluding hydrogens is 344 g/mol. The average molecular weight is 354 g/mol. The number of allylic oxidation sites excluding steroid dienone is 2. The molecule has 0 atom stereocenters. The SMILES string of the molecule is C[NH2+]C(=CC(=O)C(=N)c1cc(C=O)c(Cl)cc1Cl)C(F)(F)F. The first-order valence-electron chi connectivity index (χ1n) is 5.77. The molecule has 4 nitrogen and oxygen atoms in total. The molecule has 0 aromatic heterocycles. The third kappa shape index (κ3) is 4.16. The Morgan fingerprint density at radius 2 is 1.86 bits per heavy atom. The van der Waals surface area contributed by atoms with E-state index in [4.69, 9.17) is 28.6 Å². The van der Waals surface area contributed by atoms with Gasteiger partial charge in [-0.3, -0.25) is 15.0 Å². The van der Waals surface area contributed by atoms with Crippen molar-refractivity contribution in [2.24, 2.45) is 0 Å². The lowest BCUT2D eigenvalue weighted by Gasteiger charge is -2.08. The van der Waals surface area contributed by atoms with Gasteiger partial charge in [0.2, 0.25) is 11.5 Å². The van der Waals surface area contributed by atoms with E-state index in [1.165, 1.54) is 0 Å². The lowest BCUT2D eigenvalue weighted by atomic mass is 10.0. The van der Waals surface area contributed by atoms with Gasteiger partial charge < -0.3 is 5.32 Å². The molecule has 118 valence electrons. The van der Waals surface area contributed by atoms with E-state index in [9.17, 15) is 22.8 Å². The molecule has 0 fully saturated rings. The summed E-state index contributed by atoms with van der Waals surface area (Å²) >= 11 is 11.5. The smallest absolute Gasteiger partial charge is 0.312 e. The molecule has 1 aromatic carbocycles. The molecule has 0 heterocycles. The molecule has 0 spiro atoms. The number of hydrogen-bond donors (Lipinski definition) is 2. The van der Waals surface area contributed by atoms with E-state index >= 15 is 0 Å². The van der Waals surface area contributed by atoms with E-state index in [1.807, 2.05) is 0 Å². The van der Waals surface area contributed by atoms with E-state index in [1.54, 1.807) is 0 Å². The number of nitrogens with two attached hydrogens (primary N) is 1. The van der Waals surface area contributed by atoms with Crippen molar-refractivity contribution in [1.82, 2.24) is 0 Å². The van der Waals surface area contributed by atoms with Crippen LogP contribution in [0.1, 0.15) is 15.9 Å². The number of rotatable bonds is 5. The maximum Gasteiger partial charge on any atom is 0.466 e. The molecule has 0 unspecified atom stereocenters. The molecule has 0 amide bonds. The Morgan fingerprint density at radius 1 is 1.27 bits per heavy atom. The van der Waals surface area contributed by atoms with E-state index in [0.29, 0.717) is 17.7 Å².